The van der Waals surface area contributed by atoms with Crippen LogP contribution in [-0.2, 0) is 21.9 Å². The average molecular weight is 443 g/mol. The molecule has 2 aromatic rings. The Balaban J connectivity index is 1.66. The molecule has 0 radical (unpaired) electrons. The van der Waals surface area contributed by atoms with Gasteiger partial charge in [0.1, 0.15) is 11.9 Å². The Morgan fingerprint density at radius 1 is 1.06 bits per heavy atom. The molecule has 0 bridgehead atoms. The van der Waals surface area contributed by atoms with Crippen LogP contribution in [0.15, 0.2) is 54.6 Å². The Hall–Kier alpha value is -2.34. The van der Waals surface area contributed by atoms with Crippen molar-refractivity contribution in [3.05, 3.63) is 71.5 Å². The van der Waals surface area contributed by atoms with Gasteiger partial charge < -0.3 is 10.2 Å². The third-order valence-electron chi connectivity index (χ3n) is 5.75. The smallest absolute Gasteiger partial charge is 0.242 e. The van der Waals surface area contributed by atoms with Gasteiger partial charge in [0.25, 0.3) is 0 Å². The predicted molar refractivity (Wildman–Crippen MR) is 124 cm³/mol. The van der Waals surface area contributed by atoms with Gasteiger partial charge in [0.15, 0.2) is 0 Å². The van der Waals surface area contributed by atoms with E-state index in [0.717, 1.165) is 31.2 Å². The Kier molecular flexibility index (Phi) is 8.95. The van der Waals surface area contributed by atoms with Gasteiger partial charge in [-0.2, -0.15) is 0 Å². The van der Waals surface area contributed by atoms with Gasteiger partial charge in [0.05, 0.1) is 5.75 Å². The van der Waals surface area contributed by atoms with Gasteiger partial charge >= 0.3 is 0 Å². The highest BCUT2D eigenvalue weighted by atomic mass is 32.2. The molecule has 31 heavy (non-hydrogen) atoms. The van der Waals surface area contributed by atoms with Crippen LogP contribution in [0.5, 0.6) is 0 Å². The fraction of sp³-hybridized carbons (Fsp3) is 0.440. The first-order chi connectivity index (χ1) is 15.0. The summed E-state index contributed by atoms with van der Waals surface area (Å²) in [6, 6.07) is 15.9. The van der Waals surface area contributed by atoms with E-state index in [1.165, 1.54) is 29.1 Å². The molecule has 3 rings (SSSR count). The van der Waals surface area contributed by atoms with Gasteiger partial charge in [0, 0.05) is 23.9 Å². The van der Waals surface area contributed by atoms with Gasteiger partial charge in [-0.3, -0.25) is 9.59 Å². The molecular weight excluding hydrogens is 411 g/mol. The molecule has 0 saturated heterocycles. The van der Waals surface area contributed by atoms with Crippen LogP contribution in [0.1, 0.15) is 50.2 Å². The SMILES string of the molecule is C[C@@H](C(=O)NC1CCCCC1)N(Cc1ccccc1F)C(=O)CSCc1ccccc1. The van der Waals surface area contributed by atoms with Crippen molar-refractivity contribution < 1.29 is 14.0 Å². The molecule has 2 aromatic carbocycles. The number of nitrogens with zero attached hydrogens (tertiary/aromatic N) is 1. The first-order valence-corrected chi connectivity index (χ1v) is 12.1. The molecule has 1 fully saturated rings. The molecule has 166 valence electrons. The number of benzene rings is 2. The number of thioether (sulfide) groups is 1. The number of carbonyl (C=O) groups excluding carboxylic acids is 2. The third kappa shape index (κ3) is 7.10. The Bertz CT molecular complexity index is 856. The van der Waals surface area contributed by atoms with E-state index in [4.69, 9.17) is 0 Å². The Morgan fingerprint density at radius 3 is 2.45 bits per heavy atom. The van der Waals surface area contributed by atoms with Crippen LogP contribution in [0.25, 0.3) is 0 Å². The molecule has 2 amide bonds. The lowest BCUT2D eigenvalue weighted by molar-refractivity contribution is -0.139. The van der Waals surface area contributed by atoms with Gasteiger partial charge in [-0.25, -0.2) is 4.39 Å². The van der Waals surface area contributed by atoms with E-state index < -0.39 is 6.04 Å². The summed E-state index contributed by atoms with van der Waals surface area (Å²) in [5.41, 5.74) is 1.56. The second-order valence-electron chi connectivity index (χ2n) is 8.11. The maximum atomic E-state index is 14.3. The second-order valence-corrected chi connectivity index (χ2v) is 9.10. The fourth-order valence-electron chi connectivity index (χ4n) is 3.87. The maximum Gasteiger partial charge on any atom is 0.242 e. The summed E-state index contributed by atoms with van der Waals surface area (Å²) in [5.74, 6) is 0.268. The number of carbonyl (C=O) groups is 2. The van der Waals surface area contributed by atoms with E-state index in [1.807, 2.05) is 30.3 Å². The quantitative estimate of drug-likeness (QED) is 0.599. The zero-order chi connectivity index (χ0) is 22.1. The van der Waals surface area contributed by atoms with Crippen molar-refractivity contribution in [3.63, 3.8) is 0 Å². The van der Waals surface area contributed by atoms with Crippen LogP contribution in [0.4, 0.5) is 4.39 Å². The van der Waals surface area contributed by atoms with Crippen molar-refractivity contribution in [2.45, 2.75) is 63.4 Å². The number of rotatable bonds is 9. The molecule has 0 unspecified atom stereocenters. The standard InChI is InChI=1S/C25H31FN2O2S/c1-19(25(30)27-22-13-6-3-7-14-22)28(16-21-12-8-9-15-23(21)26)24(29)18-31-17-20-10-4-2-5-11-20/h2,4-5,8-12,15,19,22H,3,6-7,13-14,16-18H2,1H3,(H,27,30)/t19-/m0/s1. The van der Waals surface area contributed by atoms with Gasteiger partial charge in [-0.05, 0) is 31.4 Å². The molecule has 0 aromatic heterocycles. The van der Waals surface area contributed by atoms with Crippen molar-refractivity contribution in [2.24, 2.45) is 0 Å². The highest BCUT2D eigenvalue weighted by Crippen LogP contribution is 2.20. The second kappa shape index (κ2) is 11.9. The summed E-state index contributed by atoms with van der Waals surface area (Å²) in [6.07, 6.45) is 5.40. The van der Waals surface area contributed by atoms with Gasteiger partial charge in [-0.1, -0.05) is 67.8 Å². The summed E-state index contributed by atoms with van der Waals surface area (Å²) in [4.78, 5) is 27.5. The van der Waals surface area contributed by atoms with Crippen LogP contribution in [0.3, 0.4) is 0 Å². The third-order valence-corrected chi connectivity index (χ3v) is 6.74. The molecule has 4 nitrogen and oxygen atoms in total. The van der Waals surface area contributed by atoms with Crippen molar-refractivity contribution in [3.8, 4) is 0 Å². The highest BCUT2D eigenvalue weighted by molar-refractivity contribution is 7.99. The minimum Gasteiger partial charge on any atom is -0.352 e. The summed E-state index contributed by atoms with van der Waals surface area (Å²) in [5, 5.41) is 3.10. The van der Waals surface area contributed by atoms with E-state index in [1.54, 1.807) is 25.1 Å². The van der Waals surface area contributed by atoms with Crippen LogP contribution >= 0.6 is 11.8 Å². The van der Waals surface area contributed by atoms with Crippen molar-refractivity contribution in [1.29, 1.82) is 0 Å². The number of amides is 2. The largest absolute Gasteiger partial charge is 0.352 e. The molecule has 0 spiro atoms. The summed E-state index contributed by atoms with van der Waals surface area (Å²) in [6.45, 7) is 1.81. The summed E-state index contributed by atoms with van der Waals surface area (Å²) in [7, 11) is 0. The number of hydrogen-bond acceptors (Lipinski definition) is 3. The zero-order valence-electron chi connectivity index (χ0n) is 18.1. The van der Waals surface area contributed by atoms with E-state index in [-0.39, 0.29) is 36.0 Å². The monoisotopic (exact) mass is 442 g/mol. The minimum absolute atomic E-state index is 0.0800. The average Bonchev–Trinajstić information content (AvgIpc) is 2.79. The number of halogens is 1. The number of nitrogens with one attached hydrogen (secondary N) is 1. The first-order valence-electron chi connectivity index (χ1n) is 11.0. The van der Waals surface area contributed by atoms with Gasteiger partial charge in [-0.15, -0.1) is 11.8 Å². The molecule has 1 atom stereocenters. The molecule has 1 N–H and O–H groups in total. The molecule has 0 heterocycles. The highest BCUT2D eigenvalue weighted by Gasteiger charge is 2.28. The van der Waals surface area contributed by atoms with Crippen LogP contribution < -0.4 is 5.32 Å². The van der Waals surface area contributed by atoms with Crippen molar-refractivity contribution >= 4 is 23.6 Å². The van der Waals surface area contributed by atoms with Crippen LogP contribution in [0.2, 0.25) is 0 Å². The summed E-state index contributed by atoms with van der Waals surface area (Å²) >= 11 is 1.51. The normalized spacial score (nSPS) is 15.3. The molecule has 0 aliphatic heterocycles. The van der Waals surface area contributed by atoms with Crippen molar-refractivity contribution in [2.75, 3.05) is 5.75 Å². The zero-order valence-corrected chi connectivity index (χ0v) is 18.9. The van der Waals surface area contributed by atoms with E-state index in [2.05, 4.69) is 5.32 Å². The van der Waals surface area contributed by atoms with Crippen molar-refractivity contribution in [1.82, 2.24) is 10.2 Å². The van der Waals surface area contributed by atoms with Gasteiger partial charge in [0.2, 0.25) is 11.8 Å². The van der Waals surface area contributed by atoms with E-state index in [0.29, 0.717) is 11.3 Å². The lowest BCUT2D eigenvalue weighted by Gasteiger charge is -2.31. The lowest BCUT2D eigenvalue weighted by Crippen LogP contribution is -2.51. The molecular formula is C25H31FN2O2S. The fourth-order valence-corrected chi connectivity index (χ4v) is 4.75. The topological polar surface area (TPSA) is 49.4 Å². The maximum absolute atomic E-state index is 14.3. The van der Waals surface area contributed by atoms with Crippen LogP contribution in [-0.4, -0.2) is 34.6 Å². The molecule has 1 aliphatic carbocycles. The Morgan fingerprint density at radius 2 is 1.74 bits per heavy atom. The lowest BCUT2D eigenvalue weighted by atomic mass is 9.95. The molecule has 1 saturated carbocycles. The predicted octanol–water partition coefficient (Wildman–Crippen LogP) is 4.93. The first kappa shape index (κ1) is 23.3. The van der Waals surface area contributed by atoms with E-state index in [9.17, 15) is 14.0 Å². The summed E-state index contributed by atoms with van der Waals surface area (Å²) < 4.78 is 14.3. The van der Waals surface area contributed by atoms with Crippen LogP contribution in [0, 0.1) is 5.82 Å². The molecule has 6 heteroatoms. The minimum atomic E-state index is -0.661. The Labute approximate surface area is 188 Å². The molecule has 1 aliphatic rings. The van der Waals surface area contributed by atoms with E-state index >= 15 is 0 Å². The number of hydrogen-bond donors (Lipinski definition) is 1.